The summed E-state index contributed by atoms with van der Waals surface area (Å²) in [6, 6.07) is 8.72. The van der Waals surface area contributed by atoms with E-state index in [1.165, 1.54) is 24.1 Å². The van der Waals surface area contributed by atoms with E-state index < -0.39 is 0 Å². The van der Waals surface area contributed by atoms with Crippen LogP contribution in [0.25, 0.3) is 0 Å². The highest BCUT2D eigenvalue weighted by molar-refractivity contribution is 8.00. The van der Waals surface area contributed by atoms with Gasteiger partial charge in [0.15, 0.2) is 0 Å². The highest BCUT2D eigenvalue weighted by atomic mass is 32.2. The minimum Gasteiger partial charge on any atom is -0.384 e. The van der Waals surface area contributed by atoms with E-state index in [4.69, 9.17) is 0 Å². The highest BCUT2D eigenvalue weighted by Crippen LogP contribution is 2.30. The summed E-state index contributed by atoms with van der Waals surface area (Å²) in [6.45, 7) is 8.10. The molecule has 17 heavy (non-hydrogen) atoms. The average molecular weight is 249 g/mol. The largest absolute Gasteiger partial charge is 0.384 e. The first kappa shape index (κ1) is 12.8. The van der Waals surface area contributed by atoms with Gasteiger partial charge < -0.3 is 5.32 Å². The van der Waals surface area contributed by atoms with Crippen molar-refractivity contribution in [2.24, 2.45) is 5.92 Å². The minimum absolute atomic E-state index is 0.750. The molecular weight excluding hydrogens is 226 g/mol. The normalized spacial score (nSPS) is 21.5. The fraction of sp³-hybridized carbons (Fsp3) is 0.600. The van der Waals surface area contributed by atoms with E-state index in [0.29, 0.717) is 0 Å². The summed E-state index contributed by atoms with van der Waals surface area (Å²) in [4.78, 5) is 0. The molecule has 1 aromatic rings. The van der Waals surface area contributed by atoms with E-state index in [1.807, 2.05) is 0 Å². The van der Waals surface area contributed by atoms with Gasteiger partial charge in [-0.3, -0.25) is 0 Å². The van der Waals surface area contributed by atoms with Crippen LogP contribution in [-0.4, -0.2) is 17.0 Å². The molecule has 2 unspecified atom stereocenters. The van der Waals surface area contributed by atoms with E-state index in [1.54, 1.807) is 0 Å². The molecule has 0 fully saturated rings. The molecule has 0 saturated carbocycles. The number of thioether (sulfide) groups is 1. The van der Waals surface area contributed by atoms with Gasteiger partial charge in [-0.1, -0.05) is 39.0 Å². The minimum atomic E-state index is 0.750. The first-order valence-electron chi connectivity index (χ1n) is 6.64. The molecule has 0 bridgehead atoms. The number of para-hydroxylation sites is 1. The maximum Gasteiger partial charge on any atom is 0.0373 e. The van der Waals surface area contributed by atoms with Crippen LogP contribution in [0.15, 0.2) is 24.3 Å². The zero-order valence-corrected chi connectivity index (χ0v) is 11.9. The van der Waals surface area contributed by atoms with E-state index in [2.05, 4.69) is 62.1 Å². The van der Waals surface area contributed by atoms with Crippen LogP contribution in [0.3, 0.4) is 0 Å². The van der Waals surface area contributed by atoms with Gasteiger partial charge >= 0.3 is 0 Å². The zero-order chi connectivity index (χ0) is 12.3. The van der Waals surface area contributed by atoms with Gasteiger partial charge in [-0.15, -0.1) is 0 Å². The van der Waals surface area contributed by atoms with Gasteiger partial charge in [0.05, 0.1) is 0 Å². The molecule has 94 valence electrons. The third-order valence-electron chi connectivity index (χ3n) is 3.62. The molecule has 2 rings (SSSR count). The third kappa shape index (κ3) is 3.41. The summed E-state index contributed by atoms with van der Waals surface area (Å²) < 4.78 is 0. The van der Waals surface area contributed by atoms with Crippen LogP contribution in [0.4, 0.5) is 5.69 Å². The van der Waals surface area contributed by atoms with Crippen LogP contribution < -0.4 is 5.32 Å². The van der Waals surface area contributed by atoms with Gasteiger partial charge in [0.2, 0.25) is 0 Å². The lowest BCUT2D eigenvalue weighted by atomic mass is 10.1. The Kier molecular flexibility index (Phi) is 4.38. The maximum atomic E-state index is 3.60. The number of fused-ring (bicyclic) bond motifs is 1. The third-order valence-corrected chi connectivity index (χ3v) is 5.38. The number of hydrogen-bond donors (Lipinski definition) is 1. The van der Waals surface area contributed by atoms with Crippen LogP contribution in [0, 0.1) is 5.92 Å². The number of anilines is 1. The summed E-state index contributed by atoms with van der Waals surface area (Å²) in [5.74, 6) is 0.769. The molecule has 1 aromatic carbocycles. The molecule has 1 heterocycles. The van der Waals surface area contributed by atoms with Crippen LogP contribution in [0.5, 0.6) is 0 Å². The Bertz CT molecular complexity index is 335. The summed E-state index contributed by atoms with van der Waals surface area (Å²) >= 11 is 2.15. The molecule has 0 spiro atoms. The van der Waals surface area contributed by atoms with Crippen molar-refractivity contribution in [3.8, 4) is 0 Å². The topological polar surface area (TPSA) is 12.0 Å². The number of benzene rings is 1. The lowest BCUT2D eigenvalue weighted by Crippen LogP contribution is -2.19. The highest BCUT2D eigenvalue weighted by Gasteiger charge is 2.19. The van der Waals surface area contributed by atoms with Crippen LogP contribution in [0.1, 0.15) is 32.8 Å². The van der Waals surface area contributed by atoms with Gasteiger partial charge in [-0.2, -0.15) is 11.8 Å². The molecule has 1 aliphatic rings. The number of nitrogens with one attached hydrogen (secondary N) is 1. The van der Waals surface area contributed by atoms with Gasteiger partial charge in [-0.05, 0) is 30.4 Å². The first-order chi connectivity index (χ1) is 8.16. The van der Waals surface area contributed by atoms with Crippen LogP contribution in [-0.2, 0) is 6.42 Å². The van der Waals surface area contributed by atoms with E-state index in [0.717, 1.165) is 23.0 Å². The Hall–Kier alpha value is -0.630. The van der Waals surface area contributed by atoms with Gasteiger partial charge in [0.25, 0.3) is 0 Å². The summed E-state index contributed by atoms with van der Waals surface area (Å²) in [5.41, 5.74) is 2.82. The molecule has 1 aliphatic heterocycles. The second kappa shape index (κ2) is 5.81. The Morgan fingerprint density at radius 1 is 1.24 bits per heavy atom. The van der Waals surface area contributed by atoms with E-state index in [-0.39, 0.29) is 0 Å². The number of rotatable bonds is 3. The van der Waals surface area contributed by atoms with Crippen molar-refractivity contribution in [3.63, 3.8) is 0 Å². The smallest absolute Gasteiger partial charge is 0.0373 e. The van der Waals surface area contributed by atoms with Crippen molar-refractivity contribution in [1.29, 1.82) is 0 Å². The predicted molar refractivity (Wildman–Crippen MR) is 78.9 cm³/mol. The fourth-order valence-electron chi connectivity index (χ4n) is 2.13. The predicted octanol–water partition coefficient (Wildman–Crippen LogP) is 4.19. The van der Waals surface area contributed by atoms with Crippen molar-refractivity contribution in [2.75, 3.05) is 11.9 Å². The molecule has 0 amide bonds. The summed E-state index contributed by atoms with van der Waals surface area (Å²) in [5, 5.41) is 5.10. The number of aryl methyl sites for hydroxylation is 1. The fourth-order valence-corrected chi connectivity index (χ4v) is 3.48. The van der Waals surface area contributed by atoms with Crippen molar-refractivity contribution in [1.82, 2.24) is 0 Å². The molecule has 0 saturated heterocycles. The molecule has 1 nitrogen and oxygen atoms in total. The standard InChI is InChI=1S/C15H23NS/c1-11(2)12(3)17-14-9-8-13-6-4-5-7-15(13)16-10-14/h4-7,11-12,14,16H,8-10H2,1-3H3. The van der Waals surface area contributed by atoms with Gasteiger partial charge in [-0.25, -0.2) is 0 Å². The molecule has 0 aromatic heterocycles. The molecule has 1 N–H and O–H groups in total. The van der Waals surface area contributed by atoms with E-state index in [9.17, 15) is 0 Å². The van der Waals surface area contributed by atoms with Crippen molar-refractivity contribution in [2.45, 2.75) is 44.1 Å². The average Bonchev–Trinajstić information content (AvgIpc) is 2.52. The van der Waals surface area contributed by atoms with Crippen LogP contribution in [0.2, 0.25) is 0 Å². The van der Waals surface area contributed by atoms with Crippen molar-refractivity contribution >= 4 is 17.4 Å². The Balaban J connectivity index is 1.95. The summed E-state index contributed by atoms with van der Waals surface area (Å²) in [6.07, 6.45) is 2.51. The molecule has 0 aliphatic carbocycles. The Morgan fingerprint density at radius 3 is 2.76 bits per heavy atom. The second-order valence-corrected chi connectivity index (χ2v) is 6.97. The van der Waals surface area contributed by atoms with Crippen molar-refractivity contribution in [3.05, 3.63) is 29.8 Å². The van der Waals surface area contributed by atoms with Gasteiger partial charge in [0.1, 0.15) is 0 Å². The lowest BCUT2D eigenvalue weighted by Gasteiger charge is -2.22. The lowest BCUT2D eigenvalue weighted by molar-refractivity contribution is 0.636. The quantitative estimate of drug-likeness (QED) is 0.862. The molecule has 0 radical (unpaired) electrons. The zero-order valence-electron chi connectivity index (χ0n) is 11.1. The first-order valence-corrected chi connectivity index (χ1v) is 7.58. The molecule has 2 heteroatoms. The SMILES string of the molecule is CC(C)C(C)SC1CCc2ccccc2NC1. The maximum absolute atomic E-state index is 3.60. The Labute approximate surface area is 109 Å². The second-order valence-electron chi connectivity index (χ2n) is 5.28. The monoisotopic (exact) mass is 249 g/mol. The molecule has 2 atom stereocenters. The van der Waals surface area contributed by atoms with Crippen LogP contribution >= 0.6 is 11.8 Å². The molecular formula is C15H23NS. The summed E-state index contributed by atoms with van der Waals surface area (Å²) in [7, 11) is 0. The Morgan fingerprint density at radius 2 is 2.00 bits per heavy atom. The van der Waals surface area contributed by atoms with Crippen molar-refractivity contribution < 1.29 is 0 Å². The number of hydrogen-bond acceptors (Lipinski definition) is 2. The van der Waals surface area contributed by atoms with E-state index >= 15 is 0 Å². The van der Waals surface area contributed by atoms with Gasteiger partial charge in [0, 0.05) is 22.7 Å².